The van der Waals surface area contributed by atoms with Crippen LogP contribution in [0.5, 0.6) is 0 Å². The maximum Gasteiger partial charge on any atom is 0.216 e. The smallest absolute Gasteiger partial charge is 0.216 e. The van der Waals surface area contributed by atoms with E-state index in [-0.39, 0.29) is 23.9 Å². The van der Waals surface area contributed by atoms with Crippen LogP contribution in [-0.2, 0) is 19.1 Å². The Morgan fingerprint density at radius 3 is 1.59 bits per heavy atom. The summed E-state index contributed by atoms with van der Waals surface area (Å²) in [5.74, 6) is 0.0229. The molecule has 2 unspecified atom stereocenters. The highest BCUT2D eigenvalue weighted by atomic mass is 16.5. The first-order chi connectivity index (χ1) is 10.6. The molecule has 2 aliphatic heterocycles. The molecule has 2 saturated heterocycles. The molecular weight excluding hydrogens is 288 g/mol. The van der Waals surface area contributed by atoms with E-state index in [2.05, 4.69) is 21.3 Å². The van der Waals surface area contributed by atoms with E-state index in [4.69, 9.17) is 9.47 Å². The van der Waals surface area contributed by atoms with Crippen LogP contribution < -0.4 is 21.3 Å². The van der Waals surface area contributed by atoms with Crippen molar-refractivity contribution < 1.29 is 19.1 Å². The van der Waals surface area contributed by atoms with Gasteiger partial charge in [-0.2, -0.15) is 0 Å². The van der Waals surface area contributed by atoms with Crippen LogP contribution in [0.4, 0.5) is 0 Å². The normalized spacial score (nSPS) is 24.6. The fourth-order valence-corrected chi connectivity index (χ4v) is 2.04. The lowest BCUT2D eigenvalue weighted by molar-refractivity contribution is -0.120. The first-order valence-corrected chi connectivity index (χ1v) is 7.69. The lowest BCUT2D eigenvalue weighted by atomic mass is 10.3. The van der Waals surface area contributed by atoms with Gasteiger partial charge in [-0.25, -0.2) is 0 Å². The summed E-state index contributed by atoms with van der Waals surface area (Å²) in [5, 5.41) is 11.9. The minimum atomic E-state index is 0.0115. The minimum absolute atomic E-state index is 0.0115. The van der Waals surface area contributed by atoms with Crippen molar-refractivity contribution in [2.45, 2.75) is 25.9 Å². The molecule has 0 radical (unpaired) electrons. The molecule has 22 heavy (non-hydrogen) atoms. The summed E-state index contributed by atoms with van der Waals surface area (Å²) < 4.78 is 10.4. The van der Waals surface area contributed by atoms with Crippen molar-refractivity contribution in [2.75, 3.05) is 52.6 Å². The number of nitrogens with one attached hydrogen (secondary N) is 4. The van der Waals surface area contributed by atoms with Crippen LogP contribution in [0.25, 0.3) is 0 Å². The third-order valence-electron chi connectivity index (χ3n) is 3.19. The predicted molar refractivity (Wildman–Crippen MR) is 82.6 cm³/mol. The first-order valence-electron chi connectivity index (χ1n) is 7.69. The number of hydrogen-bond acceptors (Lipinski definition) is 6. The summed E-state index contributed by atoms with van der Waals surface area (Å²) in [6, 6.07) is 0.570. The molecule has 8 heteroatoms. The van der Waals surface area contributed by atoms with Gasteiger partial charge in [-0.1, -0.05) is 0 Å². The molecule has 0 bridgehead atoms. The molecule has 0 aliphatic carbocycles. The number of ether oxygens (including phenoxy) is 2. The van der Waals surface area contributed by atoms with Gasteiger partial charge < -0.3 is 30.7 Å². The van der Waals surface area contributed by atoms with Crippen LogP contribution in [0, 0.1) is 0 Å². The molecule has 128 valence electrons. The van der Waals surface area contributed by atoms with Gasteiger partial charge in [-0.05, 0) is 0 Å². The number of amides is 2. The molecule has 0 aromatic rings. The van der Waals surface area contributed by atoms with E-state index >= 15 is 0 Å². The molecule has 0 aromatic carbocycles. The summed E-state index contributed by atoms with van der Waals surface area (Å²) >= 11 is 0. The molecule has 2 atom stereocenters. The Bertz CT molecular complexity index is 297. The second-order valence-electron chi connectivity index (χ2n) is 5.33. The molecule has 0 aromatic heterocycles. The molecule has 8 nitrogen and oxygen atoms in total. The summed E-state index contributed by atoms with van der Waals surface area (Å²) in [6.07, 6.45) is 0. The van der Waals surface area contributed by atoms with Gasteiger partial charge in [0.15, 0.2) is 0 Å². The fraction of sp³-hybridized carbons (Fsp3) is 0.857. The molecule has 2 heterocycles. The van der Waals surface area contributed by atoms with Crippen molar-refractivity contribution in [3.05, 3.63) is 0 Å². The Balaban J connectivity index is 0.000000220. The monoisotopic (exact) mass is 316 g/mol. The van der Waals surface area contributed by atoms with Crippen molar-refractivity contribution in [3.63, 3.8) is 0 Å². The lowest BCUT2D eigenvalue weighted by Crippen LogP contribution is -2.47. The Labute approximate surface area is 131 Å². The molecular formula is C14H28N4O4. The molecule has 2 rings (SSSR count). The van der Waals surface area contributed by atoms with Gasteiger partial charge in [0.1, 0.15) is 0 Å². The second kappa shape index (κ2) is 11.4. The number of carbonyl (C=O) groups is 2. The Kier molecular flexibility index (Phi) is 9.72. The molecule has 2 fully saturated rings. The van der Waals surface area contributed by atoms with Crippen molar-refractivity contribution >= 4 is 11.8 Å². The average molecular weight is 316 g/mol. The Morgan fingerprint density at radius 1 is 0.909 bits per heavy atom. The summed E-state index contributed by atoms with van der Waals surface area (Å²) in [4.78, 5) is 21.0. The third-order valence-corrected chi connectivity index (χ3v) is 3.19. The van der Waals surface area contributed by atoms with Gasteiger partial charge in [-0.3, -0.25) is 9.59 Å². The average Bonchev–Trinajstić information content (AvgIpc) is 2.53. The quantitative estimate of drug-likeness (QED) is 0.489. The van der Waals surface area contributed by atoms with Crippen LogP contribution in [-0.4, -0.2) is 76.5 Å². The van der Waals surface area contributed by atoms with Crippen molar-refractivity contribution in [1.29, 1.82) is 0 Å². The van der Waals surface area contributed by atoms with Crippen LogP contribution in [0.1, 0.15) is 13.8 Å². The maximum absolute atomic E-state index is 10.5. The van der Waals surface area contributed by atoms with E-state index in [1.54, 1.807) is 0 Å². The topological polar surface area (TPSA) is 101 Å². The third kappa shape index (κ3) is 9.67. The van der Waals surface area contributed by atoms with E-state index in [9.17, 15) is 9.59 Å². The predicted octanol–water partition coefficient (Wildman–Crippen LogP) is -1.78. The number of carbonyl (C=O) groups excluding carboxylic acids is 2. The summed E-state index contributed by atoms with van der Waals surface area (Å²) in [6.45, 7) is 9.06. The number of morpholine rings is 2. The highest BCUT2D eigenvalue weighted by molar-refractivity contribution is 5.73. The molecule has 2 aliphatic rings. The van der Waals surface area contributed by atoms with Crippen molar-refractivity contribution in [3.8, 4) is 0 Å². The minimum Gasteiger partial charge on any atom is -0.378 e. The SMILES string of the molecule is CC(=O)NCC1COCCN1.CC(=O)NCC1COCCN1. The zero-order valence-electron chi connectivity index (χ0n) is 13.4. The van der Waals surface area contributed by atoms with E-state index in [0.717, 1.165) is 26.3 Å². The van der Waals surface area contributed by atoms with Gasteiger partial charge in [0.25, 0.3) is 0 Å². The van der Waals surface area contributed by atoms with Crippen LogP contribution >= 0.6 is 0 Å². The van der Waals surface area contributed by atoms with Crippen molar-refractivity contribution in [1.82, 2.24) is 21.3 Å². The molecule has 0 saturated carbocycles. The van der Waals surface area contributed by atoms with Crippen LogP contribution in [0.3, 0.4) is 0 Å². The fourth-order valence-electron chi connectivity index (χ4n) is 2.04. The van der Waals surface area contributed by atoms with E-state index in [1.807, 2.05) is 0 Å². The Morgan fingerprint density at radius 2 is 1.32 bits per heavy atom. The zero-order chi connectivity index (χ0) is 16.2. The highest BCUT2D eigenvalue weighted by Crippen LogP contribution is 1.91. The van der Waals surface area contributed by atoms with Gasteiger partial charge in [0.2, 0.25) is 11.8 Å². The number of rotatable bonds is 4. The maximum atomic E-state index is 10.5. The standard InChI is InChI=1S/2C7H14N2O2/c2*1-6(10)9-4-7-5-11-3-2-8-7/h2*7-8H,2-5H2,1H3,(H,9,10). The van der Waals surface area contributed by atoms with Crippen LogP contribution in [0.15, 0.2) is 0 Å². The zero-order valence-corrected chi connectivity index (χ0v) is 13.4. The largest absolute Gasteiger partial charge is 0.378 e. The molecule has 2 amide bonds. The number of hydrogen-bond donors (Lipinski definition) is 4. The summed E-state index contributed by atoms with van der Waals surface area (Å²) in [7, 11) is 0. The van der Waals surface area contributed by atoms with Crippen LogP contribution in [0.2, 0.25) is 0 Å². The van der Waals surface area contributed by atoms with Gasteiger partial charge in [-0.15, -0.1) is 0 Å². The van der Waals surface area contributed by atoms with Crippen molar-refractivity contribution in [2.24, 2.45) is 0 Å². The van der Waals surface area contributed by atoms with Gasteiger partial charge in [0, 0.05) is 52.1 Å². The Hall–Kier alpha value is -1.22. The highest BCUT2D eigenvalue weighted by Gasteiger charge is 2.12. The van der Waals surface area contributed by atoms with E-state index in [1.165, 1.54) is 13.8 Å². The molecule has 0 spiro atoms. The van der Waals surface area contributed by atoms with E-state index < -0.39 is 0 Å². The van der Waals surface area contributed by atoms with Gasteiger partial charge >= 0.3 is 0 Å². The van der Waals surface area contributed by atoms with Gasteiger partial charge in [0.05, 0.1) is 26.4 Å². The summed E-state index contributed by atoms with van der Waals surface area (Å²) in [5.41, 5.74) is 0. The second-order valence-corrected chi connectivity index (χ2v) is 5.33. The van der Waals surface area contributed by atoms with E-state index in [0.29, 0.717) is 26.3 Å². The lowest BCUT2D eigenvalue weighted by Gasteiger charge is -2.23. The molecule has 4 N–H and O–H groups in total. The first kappa shape index (κ1) is 18.8.